The van der Waals surface area contributed by atoms with Gasteiger partial charge in [-0.05, 0) is 11.8 Å². The van der Waals surface area contributed by atoms with Crippen LogP contribution in [0.15, 0.2) is 4.99 Å². The lowest BCUT2D eigenvalue weighted by Gasteiger charge is -2.30. The number of rotatable bonds is 4. The van der Waals surface area contributed by atoms with Gasteiger partial charge in [0.15, 0.2) is 0 Å². The van der Waals surface area contributed by atoms with Crippen LogP contribution in [0, 0.1) is 15.5 Å². The van der Waals surface area contributed by atoms with Gasteiger partial charge >= 0.3 is 6.04 Å². The largest absolute Gasteiger partial charge is 0.394 e. The molecule has 7 nitrogen and oxygen atoms in total. The van der Waals surface area contributed by atoms with Crippen LogP contribution < -0.4 is 0 Å². The molecule has 1 unspecified atom stereocenters. The molecule has 1 aliphatic rings. The summed E-state index contributed by atoms with van der Waals surface area (Å²) in [5, 5.41) is 28.8. The van der Waals surface area contributed by atoms with E-state index < -0.39 is 29.5 Å². The van der Waals surface area contributed by atoms with Crippen molar-refractivity contribution in [2.24, 2.45) is 10.4 Å². The van der Waals surface area contributed by atoms with E-state index in [4.69, 9.17) is 5.11 Å². The van der Waals surface area contributed by atoms with Crippen LogP contribution in [0.25, 0.3) is 0 Å². The molecule has 0 aromatic carbocycles. The van der Waals surface area contributed by atoms with E-state index in [9.17, 15) is 20.0 Å². The zero-order chi connectivity index (χ0) is 13.9. The van der Waals surface area contributed by atoms with Gasteiger partial charge in [-0.25, -0.2) is 0 Å². The Bertz CT molecular complexity index is 378. The van der Waals surface area contributed by atoms with Crippen molar-refractivity contribution in [1.82, 2.24) is 0 Å². The van der Waals surface area contributed by atoms with Crippen LogP contribution in [-0.4, -0.2) is 51.9 Å². The minimum atomic E-state index is -1.40. The number of ketones is 1. The first-order valence-electron chi connectivity index (χ1n) is 5.75. The Morgan fingerprint density at radius 2 is 2.17 bits per heavy atom. The van der Waals surface area contributed by atoms with Crippen molar-refractivity contribution in [2.75, 3.05) is 13.2 Å². The van der Waals surface area contributed by atoms with E-state index in [1.54, 1.807) is 0 Å². The van der Waals surface area contributed by atoms with Crippen molar-refractivity contribution in [2.45, 2.75) is 38.8 Å². The van der Waals surface area contributed by atoms with Crippen LogP contribution in [-0.2, 0) is 4.79 Å². The Labute approximate surface area is 105 Å². The molecule has 2 atom stereocenters. The quantitative estimate of drug-likeness (QED) is 0.536. The number of nitrogens with zero attached hydrogens (tertiary/aromatic N) is 2. The van der Waals surface area contributed by atoms with Gasteiger partial charge in [0.1, 0.15) is 0 Å². The van der Waals surface area contributed by atoms with Gasteiger partial charge in [-0.2, -0.15) is 0 Å². The monoisotopic (exact) mass is 258 g/mol. The van der Waals surface area contributed by atoms with Crippen molar-refractivity contribution in [3.05, 3.63) is 10.1 Å². The summed E-state index contributed by atoms with van der Waals surface area (Å²) in [4.78, 5) is 25.9. The first-order valence-corrected chi connectivity index (χ1v) is 5.75. The van der Waals surface area contributed by atoms with E-state index in [0.29, 0.717) is 6.42 Å². The summed E-state index contributed by atoms with van der Waals surface area (Å²) in [5.41, 5.74) is -0.166. The molecule has 2 N–H and O–H groups in total. The van der Waals surface area contributed by atoms with Crippen LogP contribution >= 0.6 is 0 Å². The van der Waals surface area contributed by atoms with Crippen molar-refractivity contribution in [3.8, 4) is 0 Å². The molecular weight excluding hydrogens is 240 g/mol. The van der Waals surface area contributed by atoms with E-state index in [1.807, 2.05) is 13.8 Å². The Morgan fingerprint density at radius 1 is 1.56 bits per heavy atom. The molecule has 0 bridgehead atoms. The highest BCUT2D eigenvalue weighted by Crippen LogP contribution is 2.32. The molecule has 0 saturated heterocycles. The standard InChI is InChI=1S/C11H18N2O5/c1-11(2)3-8(12-5-7(15)6-14)10(13(17)18)9(16)4-11/h7,10,14-15H,3-6H2,1-2H3/t7-,10?/m1/s1. The second kappa shape index (κ2) is 5.53. The van der Waals surface area contributed by atoms with E-state index >= 15 is 0 Å². The highest BCUT2D eigenvalue weighted by Gasteiger charge is 2.45. The second-order valence-electron chi connectivity index (χ2n) is 5.34. The van der Waals surface area contributed by atoms with Gasteiger partial charge in [-0.1, -0.05) is 13.8 Å². The summed E-state index contributed by atoms with van der Waals surface area (Å²) in [6.45, 7) is 3.11. The van der Waals surface area contributed by atoms with Gasteiger partial charge in [-0.15, -0.1) is 0 Å². The van der Waals surface area contributed by atoms with Gasteiger partial charge < -0.3 is 10.2 Å². The summed E-state index contributed by atoms with van der Waals surface area (Å²) in [6, 6.07) is -1.40. The number of aliphatic hydroxyl groups excluding tert-OH is 2. The van der Waals surface area contributed by atoms with Crippen LogP contribution in [0.5, 0.6) is 0 Å². The van der Waals surface area contributed by atoms with Crippen molar-refractivity contribution in [3.63, 3.8) is 0 Å². The minimum absolute atomic E-state index is 0.125. The maximum Gasteiger partial charge on any atom is 0.307 e. The van der Waals surface area contributed by atoms with E-state index in [-0.39, 0.29) is 24.1 Å². The normalized spacial score (nSPS) is 27.2. The van der Waals surface area contributed by atoms with Gasteiger partial charge in [-0.3, -0.25) is 19.9 Å². The van der Waals surface area contributed by atoms with Crippen LogP contribution in [0.4, 0.5) is 0 Å². The third-order valence-electron chi connectivity index (χ3n) is 2.86. The molecule has 0 spiro atoms. The lowest BCUT2D eigenvalue weighted by molar-refractivity contribution is -0.490. The van der Waals surface area contributed by atoms with Crippen LogP contribution in [0.3, 0.4) is 0 Å². The summed E-state index contributed by atoms with van der Waals surface area (Å²) >= 11 is 0. The summed E-state index contributed by atoms with van der Waals surface area (Å²) in [5.74, 6) is -0.450. The number of hydrogen-bond acceptors (Lipinski definition) is 6. The number of carbonyl (C=O) groups excluding carboxylic acids is 1. The number of aliphatic imine (C=N–C) groups is 1. The molecule has 1 fully saturated rings. The Morgan fingerprint density at radius 3 is 2.67 bits per heavy atom. The Kier molecular flexibility index (Phi) is 4.53. The van der Waals surface area contributed by atoms with Crippen molar-refractivity contribution >= 4 is 11.5 Å². The minimum Gasteiger partial charge on any atom is -0.394 e. The molecule has 1 aliphatic carbocycles. The highest BCUT2D eigenvalue weighted by molar-refractivity contribution is 6.10. The predicted octanol–water partition coefficient (Wildman–Crippen LogP) is -0.185. The predicted molar refractivity (Wildman–Crippen MR) is 64.2 cm³/mol. The molecule has 1 saturated carbocycles. The van der Waals surface area contributed by atoms with E-state index in [1.165, 1.54) is 0 Å². The molecule has 0 heterocycles. The number of aliphatic hydroxyl groups is 2. The first kappa shape index (κ1) is 14.7. The maximum absolute atomic E-state index is 11.7. The fourth-order valence-electron chi connectivity index (χ4n) is 2.07. The highest BCUT2D eigenvalue weighted by atomic mass is 16.6. The van der Waals surface area contributed by atoms with Gasteiger partial charge in [0.2, 0.25) is 5.78 Å². The molecule has 0 aliphatic heterocycles. The lowest BCUT2D eigenvalue weighted by atomic mass is 9.74. The van der Waals surface area contributed by atoms with Gasteiger partial charge in [0.05, 0.1) is 25.0 Å². The van der Waals surface area contributed by atoms with E-state index in [0.717, 1.165) is 0 Å². The van der Waals surface area contributed by atoms with Gasteiger partial charge in [0, 0.05) is 11.3 Å². The second-order valence-corrected chi connectivity index (χ2v) is 5.34. The van der Waals surface area contributed by atoms with Crippen LogP contribution in [0.2, 0.25) is 0 Å². The maximum atomic E-state index is 11.7. The molecule has 1 rings (SSSR count). The third-order valence-corrected chi connectivity index (χ3v) is 2.86. The number of hydrogen-bond donors (Lipinski definition) is 2. The molecule has 18 heavy (non-hydrogen) atoms. The number of Topliss-reactive ketones (excluding diaryl/α,β-unsaturated/α-hetero) is 1. The van der Waals surface area contributed by atoms with E-state index in [2.05, 4.69) is 4.99 Å². The Balaban J connectivity index is 2.94. The SMILES string of the molecule is CC1(C)CC(=O)C([N+](=O)[O-])C(=NC[C@@H](O)CO)C1. The average molecular weight is 258 g/mol. The smallest absolute Gasteiger partial charge is 0.307 e. The molecule has 0 aromatic rings. The summed E-state index contributed by atoms with van der Waals surface area (Å²) < 4.78 is 0. The number of nitro groups is 1. The van der Waals surface area contributed by atoms with Crippen molar-refractivity contribution in [1.29, 1.82) is 0 Å². The fraction of sp³-hybridized carbons (Fsp3) is 0.818. The number of carbonyl (C=O) groups is 1. The van der Waals surface area contributed by atoms with Gasteiger partial charge in [0.25, 0.3) is 0 Å². The molecule has 0 amide bonds. The molecule has 0 radical (unpaired) electrons. The molecule has 7 heteroatoms. The zero-order valence-corrected chi connectivity index (χ0v) is 10.5. The molecular formula is C11H18N2O5. The topological polar surface area (TPSA) is 113 Å². The summed E-state index contributed by atoms with van der Waals surface area (Å²) in [7, 11) is 0. The first-order chi connectivity index (χ1) is 8.26. The van der Waals surface area contributed by atoms with Crippen LogP contribution in [0.1, 0.15) is 26.7 Å². The average Bonchev–Trinajstić information content (AvgIpc) is 2.22. The zero-order valence-electron chi connectivity index (χ0n) is 10.5. The summed E-state index contributed by atoms with van der Waals surface area (Å²) in [6.07, 6.45) is -0.548. The lowest BCUT2D eigenvalue weighted by Crippen LogP contribution is -2.46. The fourth-order valence-corrected chi connectivity index (χ4v) is 2.07. The molecule has 102 valence electrons. The molecule has 0 aromatic heterocycles. The Hall–Kier alpha value is -1.34. The van der Waals surface area contributed by atoms with Crippen molar-refractivity contribution < 1.29 is 19.9 Å². The third kappa shape index (κ3) is 3.58.